The molecule has 0 saturated heterocycles. The minimum atomic E-state index is -0.452. The van der Waals surface area contributed by atoms with Crippen LogP contribution in [0.4, 0.5) is 5.69 Å². The van der Waals surface area contributed by atoms with Crippen LogP contribution in [0.1, 0.15) is 19.4 Å². The number of aromatic amines is 1. The van der Waals surface area contributed by atoms with Crippen LogP contribution in [0.25, 0.3) is 11.4 Å². The van der Waals surface area contributed by atoms with Gasteiger partial charge in [0.05, 0.1) is 17.2 Å². The second-order valence-corrected chi connectivity index (χ2v) is 6.34. The van der Waals surface area contributed by atoms with Crippen LogP contribution >= 0.6 is 12.2 Å². The monoisotopic (exact) mass is 383 g/mol. The lowest BCUT2D eigenvalue weighted by Crippen LogP contribution is -2.05. The van der Waals surface area contributed by atoms with Crippen LogP contribution in [0, 0.1) is 14.9 Å². The average Bonchev–Trinajstić information content (AvgIpc) is 3.00. The maximum Gasteiger partial charge on any atom is 0.270 e. The fraction of sp³-hybridized carbons (Fsp3) is 0.167. The van der Waals surface area contributed by atoms with E-state index in [0.29, 0.717) is 21.9 Å². The fourth-order valence-corrected chi connectivity index (χ4v) is 2.59. The Kier molecular flexibility index (Phi) is 5.41. The zero-order valence-corrected chi connectivity index (χ0v) is 15.5. The van der Waals surface area contributed by atoms with Gasteiger partial charge in [-0.15, -0.1) is 0 Å². The minimum absolute atomic E-state index is 0.00602. The van der Waals surface area contributed by atoms with Crippen LogP contribution < -0.4 is 4.74 Å². The van der Waals surface area contributed by atoms with Crippen LogP contribution in [-0.2, 0) is 0 Å². The predicted octanol–water partition coefficient (Wildman–Crippen LogP) is 4.19. The smallest absolute Gasteiger partial charge is 0.270 e. The number of hydrogen-bond acceptors (Lipinski definition) is 6. The number of benzene rings is 2. The van der Waals surface area contributed by atoms with Crippen molar-refractivity contribution in [3.8, 4) is 17.1 Å². The maximum absolute atomic E-state index is 10.9. The van der Waals surface area contributed by atoms with Crippen molar-refractivity contribution in [2.45, 2.75) is 20.0 Å². The van der Waals surface area contributed by atoms with Crippen molar-refractivity contribution < 1.29 is 9.66 Å². The van der Waals surface area contributed by atoms with E-state index in [1.807, 2.05) is 38.1 Å². The van der Waals surface area contributed by atoms with E-state index in [0.717, 1.165) is 5.56 Å². The first kappa shape index (κ1) is 18.5. The van der Waals surface area contributed by atoms with Gasteiger partial charge in [0.2, 0.25) is 4.77 Å². The SMILES string of the molecule is CC(C)Oc1cccc(-c2n[nH]c(=S)n2N=Cc2cccc([N+](=O)[O-])c2)c1. The highest BCUT2D eigenvalue weighted by Crippen LogP contribution is 2.23. The van der Waals surface area contributed by atoms with Gasteiger partial charge in [0.15, 0.2) is 5.82 Å². The molecule has 0 aliphatic carbocycles. The highest BCUT2D eigenvalue weighted by molar-refractivity contribution is 7.71. The summed E-state index contributed by atoms with van der Waals surface area (Å²) in [7, 11) is 0. The van der Waals surface area contributed by atoms with Crippen molar-refractivity contribution in [2.75, 3.05) is 0 Å². The molecule has 3 aromatic rings. The summed E-state index contributed by atoms with van der Waals surface area (Å²) in [6.07, 6.45) is 1.55. The Hall–Kier alpha value is -3.33. The number of rotatable bonds is 6. The second kappa shape index (κ2) is 7.92. The van der Waals surface area contributed by atoms with E-state index in [2.05, 4.69) is 15.3 Å². The molecule has 0 aliphatic heterocycles. The van der Waals surface area contributed by atoms with Gasteiger partial charge in [-0.05, 0) is 38.2 Å². The number of nitrogens with zero attached hydrogens (tertiary/aromatic N) is 4. The summed E-state index contributed by atoms with van der Waals surface area (Å²) >= 11 is 5.25. The Bertz CT molecular complexity index is 1050. The molecule has 0 fully saturated rings. The third-order valence-corrected chi connectivity index (χ3v) is 3.78. The van der Waals surface area contributed by atoms with E-state index in [9.17, 15) is 10.1 Å². The third-order valence-electron chi connectivity index (χ3n) is 3.52. The molecule has 9 heteroatoms. The Morgan fingerprint density at radius 3 is 2.81 bits per heavy atom. The third kappa shape index (κ3) is 4.45. The zero-order valence-electron chi connectivity index (χ0n) is 14.7. The van der Waals surface area contributed by atoms with Crippen LogP contribution in [0.2, 0.25) is 0 Å². The van der Waals surface area contributed by atoms with E-state index < -0.39 is 4.92 Å². The summed E-state index contributed by atoms with van der Waals surface area (Å²) in [5.74, 6) is 1.22. The molecule has 0 saturated carbocycles. The van der Waals surface area contributed by atoms with Gasteiger partial charge in [0.1, 0.15) is 5.75 Å². The largest absolute Gasteiger partial charge is 0.491 e. The first-order valence-corrected chi connectivity index (χ1v) is 8.58. The molecule has 8 nitrogen and oxygen atoms in total. The molecule has 2 aromatic carbocycles. The minimum Gasteiger partial charge on any atom is -0.491 e. The van der Waals surface area contributed by atoms with Crippen molar-refractivity contribution in [3.05, 3.63) is 69.0 Å². The fourth-order valence-electron chi connectivity index (χ4n) is 2.41. The number of ether oxygens (including phenoxy) is 1. The Labute approximate surface area is 160 Å². The predicted molar refractivity (Wildman–Crippen MR) is 105 cm³/mol. The van der Waals surface area contributed by atoms with Crippen molar-refractivity contribution in [2.24, 2.45) is 5.10 Å². The van der Waals surface area contributed by atoms with Crippen molar-refractivity contribution >= 4 is 24.1 Å². The number of hydrogen-bond donors (Lipinski definition) is 1. The lowest BCUT2D eigenvalue weighted by Gasteiger charge is -2.10. The Morgan fingerprint density at radius 2 is 2.07 bits per heavy atom. The number of nitro groups is 1. The molecule has 27 heavy (non-hydrogen) atoms. The average molecular weight is 383 g/mol. The topological polar surface area (TPSA) is 98.3 Å². The van der Waals surface area contributed by atoms with Gasteiger partial charge >= 0.3 is 0 Å². The van der Waals surface area contributed by atoms with E-state index in [-0.39, 0.29) is 11.8 Å². The molecule has 0 bridgehead atoms. The molecule has 0 spiro atoms. The quantitative estimate of drug-likeness (QED) is 0.298. The molecule has 1 aromatic heterocycles. The molecule has 1 heterocycles. The highest BCUT2D eigenvalue weighted by Gasteiger charge is 2.10. The standard InChI is InChI=1S/C18H17N5O3S/c1-12(2)26-16-8-4-6-14(10-16)17-20-21-18(27)22(17)19-11-13-5-3-7-15(9-13)23(24)25/h3-12H,1-2H3,(H,21,27). The number of H-pyrrole nitrogens is 1. The summed E-state index contributed by atoms with van der Waals surface area (Å²) in [6.45, 7) is 3.90. The summed E-state index contributed by atoms with van der Waals surface area (Å²) in [4.78, 5) is 10.4. The zero-order chi connectivity index (χ0) is 19.4. The first-order valence-electron chi connectivity index (χ1n) is 8.17. The second-order valence-electron chi connectivity index (χ2n) is 5.96. The lowest BCUT2D eigenvalue weighted by atomic mass is 10.2. The normalized spacial score (nSPS) is 11.2. The summed E-state index contributed by atoms with van der Waals surface area (Å²) in [6, 6.07) is 13.6. The number of nitro benzene ring substituents is 1. The van der Waals surface area contributed by atoms with Gasteiger partial charge in [-0.1, -0.05) is 24.3 Å². The Balaban J connectivity index is 1.95. The van der Waals surface area contributed by atoms with Gasteiger partial charge < -0.3 is 4.74 Å². The van der Waals surface area contributed by atoms with E-state index in [4.69, 9.17) is 17.0 Å². The molecular weight excluding hydrogens is 366 g/mol. The van der Waals surface area contributed by atoms with E-state index >= 15 is 0 Å². The van der Waals surface area contributed by atoms with Crippen molar-refractivity contribution in [1.82, 2.24) is 14.9 Å². The summed E-state index contributed by atoms with van der Waals surface area (Å²) in [5, 5.41) is 22.2. The molecule has 0 atom stereocenters. The van der Waals surface area contributed by atoms with Crippen molar-refractivity contribution in [1.29, 1.82) is 0 Å². The van der Waals surface area contributed by atoms with Gasteiger partial charge in [0, 0.05) is 23.3 Å². The van der Waals surface area contributed by atoms with E-state index in [1.54, 1.807) is 12.1 Å². The van der Waals surface area contributed by atoms with Crippen LogP contribution in [0.3, 0.4) is 0 Å². The number of nitrogens with one attached hydrogen (secondary N) is 1. The summed E-state index contributed by atoms with van der Waals surface area (Å²) < 4.78 is 7.48. The Morgan fingerprint density at radius 1 is 1.30 bits per heavy atom. The lowest BCUT2D eigenvalue weighted by molar-refractivity contribution is -0.384. The molecule has 0 amide bonds. The van der Waals surface area contributed by atoms with Crippen LogP contribution in [-0.4, -0.2) is 32.1 Å². The molecular formula is C18H17N5O3S. The van der Waals surface area contributed by atoms with Crippen LogP contribution in [0.5, 0.6) is 5.75 Å². The maximum atomic E-state index is 10.9. The summed E-state index contributed by atoms with van der Waals surface area (Å²) in [5.41, 5.74) is 1.35. The van der Waals surface area contributed by atoms with Crippen LogP contribution in [0.15, 0.2) is 53.6 Å². The molecule has 1 N–H and O–H groups in total. The van der Waals surface area contributed by atoms with Gasteiger partial charge in [-0.2, -0.15) is 14.9 Å². The molecule has 0 radical (unpaired) electrons. The molecule has 3 rings (SSSR count). The number of aromatic nitrogens is 3. The molecule has 0 aliphatic rings. The van der Waals surface area contributed by atoms with Gasteiger partial charge in [-0.25, -0.2) is 5.10 Å². The van der Waals surface area contributed by atoms with E-state index in [1.165, 1.54) is 23.0 Å². The highest BCUT2D eigenvalue weighted by atomic mass is 32.1. The number of non-ortho nitro benzene ring substituents is 1. The van der Waals surface area contributed by atoms with Crippen molar-refractivity contribution in [3.63, 3.8) is 0 Å². The molecule has 138 valence electrons. The first-order chi connectivity index (χ1) is 12.9. The van der Waals surface area contributed by atoms with Gasteiger partial charge in [0.25, 0.3) is 5.69 Å². The molecule has 0 unspecified atom stereocenters. The van der Waals surface area contributed by atoms with Gasteiger partial charge in [-0.3, -0.25) is 10.1 Å².